The second kappa shape index (κ2) is 4.92. The van der Waals surface area contributed by atoms with E-state index < -0.39 is 5.97 Å². The van der Waals surface area contributed by atoms with Crippen molar-refractivity contribution in [1.29, 1.82) is 0 Å². The first-order valence-corrected chi connectivity index (χ1v) is 5.87. The van der Waals surface area contributed by atoms with Crippen LogP contribution in [0.25, 0.3) is 0 Å². The molecule has 0 bridgehead atoms. The van der Waals surface area contributed by atoms with E-state index in [1.165, 1.54) is 29.7 Å². The van der Waals surface area contributed by atoms with Gasteiger partial charge in [0.1, 0.15) is 11.4 Å². The van der Waals surface area contributed by atoms with Gasteiger partial charge in [0.2, 0.25) is 0 Å². The quantitative estimate of drug-likeness (QED) is 0.880. The van der Waals surface area contributed by atoms with Crippen molar-refractivity contribution in [3.8, 4) is 0 Å². The van der Waals surface area contributed by atoms with Gasteiger partial charge < -0.3 is 10.4 Å². The molecule has 18 heavy (non-hydrogen) atoms. The normalized spacial score (nSPS) is 10.1. The minimum Gasteiger partial charge on any atom is -0.477 e. The number of carbonyl (C=O) groups is 2. The lowest BCUT2D eigenvalue weighted by molar-refractivity contribution is 0.0690. The Morgan fingerprint density at radius 3 is 2.78 bits per heavy atom. The van der Waals surface area contributed by atoms with Crippen LogP contribution in [0.2, 0.25) is 0 Å². The summed E-state index contributed by atoms with van der Waals surface area (Å²) in [5.74, 6) is -1.52. The number of amides is 1. The number of aryl methyl sites for hydroxylation is 1. The minimum absolute atomic E-state index is 0.123. The van der Waals surface area contributed by atoms with E-state index in [1.807, 2.05) is 0 Å². The Balaban J connectivity index is 2.16. The first-order chi connectivity index (χ1) is 8.56. The largest absolute Gasteiger partial charge is 0.477 e. The molecule has 0 aliphatic carbocycles. The molecule has 0 spiro atoms. The molecule has 0 aromatic carbocycles. The number of carboxylic acid groups (broad SMARTS) is 1. The van der Waals surface area contributed by atoms with E-state index in [1.54, 1.807) is 12.3 Å². The van der Waals surface area contributed by atoms with E-state index in [4.69, 9.17) is 5.11 Å². The highest BCUT2D eigenvalue weighted by Crippen LogP contribution is 2.12. The fourth-order valence-electron chi connectivity index (χ4n) is 1.29. The third kappa shape index (κ3) is 2.69. The van der Waals surface area contributed by atoms with E-state index in [0.717, 1.165) is 5.01 Å². The van der Waals surface area contributed by atoms with E-state index in [2.05, 4.69) is 15.3 Å². The molecule has 92 valence electrons. The number of carbonyl (C=O) groups excluding carboxylic acids is 1. The molecule has 0 aliphatic heterocycles. The van der Waals surface area contributed by atoms with Crippen molar-refractivity contribution in [3.63, 3.8) is 0 Å². The monoisotopic (exact) mass is 263 g/mol. The van der Waals surface area contributed by atoms with Gasteiger partial charge in [-0.15, -0.1) is 11.3 Å². The summed E-state index contributed by atoms with van der Waals surface area (Å²) in [5, 5.41) is 13.8. The molecule has 2 N–H and O–H groups in total. The van der Waals surface area contributed by atoms with Crippen molar-refractivity contribution >= 4 is 28.9 Å². The molecule has 7 heteroatoms. The molecule has 0 saturated heterocycles. The predicted molar refractivity (Wildman–Crippen MR) is 66.0 cm³/mol. The van der Waals surface area contributed by atoms with Crippen molar-refractivity contribution in [2.24, 2.45) is 0 Å². The van der Waals surface area contributed by atoms with Crippen LogP contribution in [0.4, 0.5) is 5.69 Å². The summed E-state index contributed by atoms with van der Waals surface area (Å²) in [6, 6.07) is 2.81. The van der Waals surface area contributed by atoms with Gasteiger partial charge in [-0.2, -0.15) is 0 Å². The van der Waals surface area contributed by atoms with Gasteiger partial charge in [0.15, 0.2) is 0 Å². The maximum absolute atomic E-state index is 11.8. The molecule has 0 atom stereocenters. The Morgan fingerprint density at radius 2 is 2.17 bits per heavy atom. The number of anilines is 1. The number of nitrogens with one attached hydrogen (secondary N) is 1. The van der Waals surface area contributed by atoms with Gasteiger partial charge >= 0.3 is 5.97 Å². The Bertz CT molecular complexity index is 609. The van der Waals surface area contributed by atoms with Crippen molar-refractivity contribution in [2.45, 2.75) is 6.92 Å². The van der Waals surface area contributed by atoms with E-state index in [-0.39, 0.29) is 11.6 Å². The standard InChI is InChI=1S/C11H9N3O3S/c1-6-13-9(5-18-6)10(15)14-7-2-3-12-8(4-7)11(16)17/h2-5H,1H3,(H,16,17)(H,12,14,15). The summed E-state index contributed by atoms with van der Waals surface area (Å²) in [7, 11) is 0. The van der Waals surface area contributed by atoms with Crippen LogP contribution in [0.5, 0.6) is 0 Å². The molecule has 0 aliphatic rings. The number of hydrogen-bond donors (Lipinski definition) is 2. The molecule has 0 saturated carbocycles. The zero-order chi connectivity index (χ0) is 13.1. The smallest absolute Gasteiger partial charge is 0.354 e. The molecule has 0 fully saturated rings. The second-order valence-electron chi connectivity index (χ2n) is 3.44. The zero-order valence-corrected chi connectivity index (χ0v) is 10.2. The molecule has 1 amide bonds. The lowest BCUT2D eigenvalue weighted by Crippen LogP contribution is -2.13. The number of carboxylic acids is 1. The SMILES string of the molecule is Cc1nc(C(=O)Nc2ccnc(C(=O)O)c2)cs1. The van der Waals surface area contributed by atoms with Gasteiger partial charge in [-0.25, -0.2) is 14.8 Å². The summed E-state index contributed by atoms with van der Waals surface area (Å²) in [4.78, 5) is 30.2. The number of hydrogen-bond acceptors (Lipinski definition) is 5. The second-order valence-corrected chi connectivity index (χ2v) is 4.50. The number of rotatable bonds is 3. The van der Waals surface area contributed by atoms with E-state index >= 15 is 0 Å². The van der Waals surface area contributed by atoms with Crippen LogP contribution in [-0.4, -0.2) is 27.0 Å². The molecule has 0 unspecified atom stereocenters. The van der Waals surface area contributed by atoms with Crippen LogP contribution in [0, 0.1) is 6.92 Å². The van der Waals surface area contributed by atoms with Gasteiger partial charge in [-0.3, -0.25) is 4.79 Å². The fourth-order valence-corrected chi connectivity index (χ4v) is 1.88. The lowest BCUT2D eigenvalue weighted by Gasteiger charge is -2.03. The lowest BCUT2D eigenvalue weighted by atomic mass is 10.3. The highest BCUT2D eigenvalue weighted by Gasteiger charge is 2.11. The molecule has 2 aromatic heterocycles. The average molecular weight is 263 g/mol. The van der Waals surface area contributed by atoms with Crippen LogP contribution < -0.4 is 5.32 Å². The summed E-state index contributed by atoms with van der Waals surface area (Å²) in [6.07, 6.45) is 1.32. The Morgan fingerprint density at radius 1 is 1.39 bits per heavy atom. The van der Waals surface area contributed by atoms with Gasteiger partial charge in [-0.05, 0) is 19.1 Å². The zero-order valence-electron chi connectivity index (χ0n) is 9.38. The fraction of sp³-hybridized carbons (Fsp3) is 0.0909. The number of aromatic nitrogens is 2. The van der Waals surface area contributed by atoms with Crippen LogP contribution >= 0.6 is 11.3 Å². The minimum atomic E-state index is -1.14. The molecule has 2 aromatic rings. The number of nitrogens with zero attached hydrogens (tertiary/aromatic N) is 2. The number of pyridine rings is 1. The highest BCUT2D eigenvalue weighted by atomic mass is 32.1. The maximum atomic E-state index is 11.8. The summed E-state index contributed by atoms with van der Waals surface area (Å²) in [5.41, 5.74) is 0.562. The molecular weight excluding hydrogens is 254 g/mol. The molecule has 0 radical (unpaired) electrons. The number of aromatic carboxylic acids is 1. The molecule has 2 heterocycles. The first-order valence-electron chi connectivity index (χ1n) is 4.99. The van der Waals surface area contributed by atoms with Crippen LogP contribution in [0.1, 0.15) is 26.0 Å². The van der Waals surface area contributed by atoms with Crippen LogP contribution in [-0.2, 0) is 0 Å². The van der Waals surface area contributed by atoms with E-state index in [0.29, 0.717) is 11.4 Å². The summed E-state index contributed by atoms with van der Waals surface area (Å²) >= 11 is 1.37. The first kappa shape index (κ1) is 12.2. The van der Waals surface area contributed by atoms with Crippen molar-refractivity contribution in [3.05, 3.63) is 40.1 Å². The molecule has 6 nitrogen and oxygen atoms in total. The van der Waals surface area contributed by atoms with Gasteiger partial charge in [0.05, 0.1) is 5.01 Å². The van der Waals surface area contributed by atoms with Crippen LogP contribution in [0.3, 0.4) is 0 Å². The van der Waals surface area contributed by atoms with Crippen molar-refractivity contribution in [1.82, 2.24) is 9.97 Å². The maximum Gasteiger partial charge on any atom is 0.354 e. The predicted octanol–water partition coefficient (Wildman–Crippen LogP) is 1.80. The van der Waals surface area contributed by atoms with E-state index in [9.17, 15) is 9.59 Å². The Hall–Kier alpha value is -2.28. The van der Waals surface area contributed by atoms with Gasteiger partial charge in [0, 0.05) is 17.3 Å². The Kier molecular flexibility index (Phi) is 3.33. The highest BCUT2D eigenvalue weighted by molar-refractivity contribution is 7.09. The summed E-state index contributed by atoms with van der Waals surface area (Å²) < 4.78 is 0. The van der Waals surface area contributed by atoms with Crippen LogP contribution in [0.15, 0.2) is 23.7 Å². The third-order valence-corrected chi connectivity index (χ3v) is 2.86. The number of thiazole rings is 1. The summed E-state index contributed by atoms with van der Waals surface area (Å²) in [6.45, 7) is 1.80. The molecule has 2 rings (SSSR count). The topological polar surface area (TPSA) is 92.2 Å². The van der Waals surface area contributed by atoms with Crippen molar-refractivity contribution in [2.75, 3.05) is 5.32 Å². The Labute approximate surface area is 106 Å². The molecular formula is C11H9N3O3S. The third-order valence-electron chi connectivity index (χ3n) is 2.09. The van der Waals surface area contributed by atoms with Gasteiger partial charge in [0.25, 0.3) is 5.91 Å². The average Bonchev–Trinajstić information content (AvgIpc) is 2.76. The van der Waals surface area contributed by atoms with Gasteiger partial charge in [-0.1, -0.05) is 0 Å². The van der Waals surface area contributed by atoms with Crippen molar-refractivity contribution < 1.29 is 14.7 Å².